The molecule has 1 unspecified atom stereocenters. The van der Waals surface area contributed by atoms with E-state index in [0.717, 1.165) is 22.8 Å². The van der Waals surface area contributed by atoms with Crippen molar-refractivity contribution in [1.29, 1.82) is 0 Å². The Morgan fingerprint density at radius 3 is 2.58 bits per heavy atom. The van der Waals surface area contributed by atoms with Crippen LogP contribution in [0.4, 0.5) is 0 Å². The SMILES string of the molecule is CCc1ccc(C(CO)NC(=O)c2cncc3ccccc23)cc1. The van der Waals surface area contributed by atoms with Crippen molar-refractivity contribution in [2.45, 2.75) is 19.4 Å². The minimum Gasteiger partial charge on any atom is -0.394 e. The average molecular weight is 320 g/mol. The smallest absolute Gasteiger partial charge is 0.254 e. The molecule has 1 aromatic heterocycles. The highest BCUT2D eigenvalue weighted by Gasteiger charge is 2.17. The predicted octanol–water partition coefficient (Wildman–Crippen LogP) is 3.26. The highest BCUT2D eigenvalue weighted by atomic mass is 16.3. The molecule has 1 amide bonds. The van der Waals surface area contributed by atoms with E-state index in [2.05, 4.69) is 17.2 Å². The summed E-state index contributed by atoms with van der Waals surface area (Å²) in [5, 5.41) is 14.3. The van der Waals surface area contributed by atoms with Gasteiger partial charge in [0.25, 0.3) is 5.91 Å². The van der Waals surface area contributed by atoms with Crippen LogP contribution in [0.15, 0.2) is 60.9 Å². The first-order valence-corrected chi connectivity index (χ1v) is 8.06. The third kappa shape index (κ3) is 3.29. The molecule has 4 nitrogen and oxygen atoms in total. The van der Waals surface area contributed by atoms with Gasteiger partial charge in [0.2, 0.25) is 0 Å². The lowest BCUT2D eigenvalue weighted by atomic mass is 10.0. The third-order valence-corrected chi connectivity index (χ3v) is 4.19. The lowest BCUT2D eigenvalue weighted by Gasteiger charge is -2.17. The summed E-state index contributed by atoms with van der Waals surface area (Å²) in [6, 6.07) is 15.1. The normalized spacial score (nSPS) is 12.1. The minimum absolute atomic E-state index is 0.157. The van der Waals surface area contributed by atoms with Gasteiger partial charge in [-0.05, 0) is 22.9 Å². The first-order chi connectivity index (χ1) is 11.7. The molecule has 122 valence electrons. The number of nitrogens with one attached hydrogen (secondary N) is 1. The summed E-state index contributed by atoms with van der Waals surface area (Å²) in [6.45, 7) is 1.93. The first-order valence-electron chi connectivity index (χ1n) is 8.06. The Morgan fingerprint density at radius 1 is 1.12 bits per heavy atom. The summed E-state index contributed by atoms with van der Waals surface area (Å²) in [6.07, 6.45) is 4.25. The number of pyridine rings is 1. The van der Waals surface area contributed by atoms with Gasteiger partial charge >= 0.3 is 0 Å². The number of carbonyl (C=O) groups excluding carboxylic acids is 1. The van der Waals surface area contributed by atoms with Crippen LogP contribution in [0.5, 0.6) is 0 Å². The number of aliphatic hydroxyl groups excluding tert-OH is 1. The Bertz CT molecular complexity index is 838. The molecule has 2 aromatic carbocycles. The molecule has 0 bridgehead atoms. The number of aliphatic hydroxyl groups is 1. The number of amides is 1. The number of aryl methyl sites for hydroxylation is 1. The van der Waals surface area contributed by atoms with Crippen LogP contribution in [-0.2, 0) is 6.42 Å². The fraction of sp³-hybridized carbons (Fsp3) is 0.200. The molecular weight excluding hydrogens is 300 g/mol. The van der Waals surface area contributed by atoms with Gasteiger partial charge in [-0.25, -0.2) is 0 Å². The van der Waals surface area contributed by atoms with E-state index >= 15 is 0 Å². The monoisotopic (exact) mass is 320 g/mol. The maximum atomic E-state index is 12.7. The molecule has 0 radical (unpaired) electrons. The van der Waals surface area contributed by atoms with E-state index in [1.165, 1.54) is 5.56 Å². The van der Waals surface area contributed by atoms with Crippen LogP contribution in [0.25, 0.3) is 10.8 Å². The van der Waals surface area contributed by atoms with Gasteiger partial charge in [-0.3, -0.25) is 9.78 Å². The largest absolute Gasteiger partial charge is 0.394 e. The zero-order chi connectivity index (χ0) is 16.9. The van der Waals surface area contributed by atoms with Gasteiger partial charge in [0.05, 0.1) is 18.2 Å². The standard InChI is InChI=1S/C20H20N2O2/c1-2-14-7-9-15(10-8-14)19(13-23)22-20(24)18-12-21-11-16-5-3-4-6-17(16)18/h3-12,19,23H,2,13H2,1H3,(H,22,24). The number of hydrogen-bond acceptors (Lipinski definition) is 3. The number of aromatic nitrogens is 1. The molecule has 2 N–H and O–H groups in total. The number of nitrogens with zero attached hydrogens (tertiary/aromatic N) is 1. The van der Waals surface area contributed by atoms with Crippen LogP contribution in [0, 0.1) is 0 Å². The summed E-state index contributed by atoms with van der Waals surface area (Å²) in [5.74, 6) is -0.238. The number of hydrogen-bond donors (Lipinski definition) is 2. The predicted molar refractivity (Wildman–Crippen MR) is 94.9 cm³/mol. The summed E-state index contributed by atoms with van der Waals surface area (Å²) in [7, 11) is 0. The number of benzene rings is 2. The summed E-state index contributed by atoms with van der Waals surface area (Å²) in [5.41, 5.74) is 2.62. The second-order valence-electron chi connectivity index (χ2n) is 5.71. The van der Waals surface area contributed by atoms with E-state index in [0.29, 0.717) is 5.56 Å². The van der Waals surface area contributed by atoms with Crippen molar-refractivity contribution in [2.24, 2.45) is 0 Å². The molecule has 1 atom stereocenters. The Kier molecular flexibility index (Phi) is 4.87. The van der Waals surface area contributed by atoms with E-state index in [1.54, 1.807) is 12.4 Å². The molecule has 24 heavy (non-hydrogen) atoms. The van der Waals surface area contributed by atoms with Gasteiger partial charge in [0, 0.05) is 17.8 Å². The van der Waals surface area contributed by atoms with Crippen molar-refractivity contribution in [3.63, 3.8) is 0 Å². The van der Waals surface area contributed by atoms with Crippen LogP contribution in [0.3, 0.4) is 0 Å². The Morgan fingerprint density at radius 2 is 1.88 bits per heavy atom. The van der Waals surface area contributed by atoms with Crippen molar-refractivity contribution < 1.29 is 9.90 Å². The zero-order valence-corrected chi connectivity index (χ0v) is 13.6. The van der Waals surface area contributed by atoms with Gasteiger partial charge < -0.3 is 10.4 Å². The fourth-order valence-corrected chi connectivity index (χ4v) is 2.75. The van der Waals surface area contributed by atoms with Gasteiger partial charge in [-0.2, -0.15) is 0 Å². The van der Waals surface area contributed by atoms with Crippen LogP contribution < -0.4 is 5.32 Å². The van der Waals surface area contributed by atoms with Crippen LogP contribution >= 0.6 is 0 Å². The van der Waals surface area contributed by atoms with Crippen molar-refractivity contribution in [3.05, 3.63) is 77.6 Å². The molecule has 0 aliphatic rings. The highest BCUT2D eigenvalue weighted by Crippen LogP contribution is 2.19. The van der Waals surface area contributed by atoms with E-state index in [4.69, 9.17) is 0 Å². The molecule has 0 aliphatic carbocycles. The van der Waals surface area contributed by atoms with Gasteiger partial charge in [-0.15, -0.1) is 0 Å². The molecule has 0 fully saturated rings. The number of carbonyl (C=O) groups is 1. The van der Waals surface area contributed by atoms with Gasteiger partial charge in [0.15, 0.2) is 0 Å². The molecule has 1 heterocycles. The molecule has 0 aliphatic heterocycles. The average Bonchev–Trinajstić information content (AvgIpc) is 2.65. The van der Waals surface area contributed by atoms with Gasteiger partial charge in [0.1, 0.15) is 0 Å². The van der Waals surface area contributed by atoms with Crippen LogP contribution in [0.1, 0.15) is 34.5 Å². The Labute approximate surface area is 141 Å². The van der Waals surface area contributed by atoms with E-state index in [-0.39, 0.29) is 12.5 Å². The van der Waals surface area contributed by atoms with E-state index in [9.17, 15) is 9.90 Å². The fourth-order valence-electron chi connectivity index (χ4n) is 2.75. The second-order valence-corrected chi connectivity index (χ2v) is 5.71. The summed E-state index contributed by atoms with van der Waals surface area (Å²) in [4.78, 5) is 16.8. The van der Waals surface area contributed by atoms with Crippen molar-refractivity contribution in [2.75, 3.05) is 6.61 Å². The molecule has 0 spiro atoms. The third-order valence-electron chi connectivity index (χ3n) is 4.19. The van der Waals surface area contributed by atoms with Crippen molar-refractivity contribution in [1.82, 2.24) is 10.3 Å². The zero-order valence-electron chi connectivity index (χ0n) is 13.6. The first kappa shape index (κ1) is 16.1. The lowest BCUT2D eigenvalue weighted by Crippen LogP contribution is -2.31. The van der Waals surface area contributed by atoms with Crippen molar-refractivity contribution in [3.8, 4) is 0 Å². The molecule has 0 saturated heterocycles. The quantitative estimate of drug-likeness (QED) is 0.758. The Balaban J connectivity index is 1.85. The van der Waals surface area contributed by atoms with E-state index in [1.807, 2.05) is 48.5 Å². The number of rotatable bonds is 5. The van der Waals surface area contributed by atoms with Crippen molar-refractivity contribution >= 4 is 16.7 Å². The molecule has 3 aromatic rings. The number of fused-ring (bicyclic) bond motifs is 1. The van der Waals surface area contributed by atoms with Crippen LogP contribution in [0.2, 0.25) is 0 Å². The van der Waals surface area contributed by atoms with E-state index < -0.39 is 6.04 Å². The Hall–Kier alpha value is -2.72. The second kappa shape index (κ2) is 7.23. The summed E-state index contributed by atoms with van der Waals surface area (Å²) >= 11 is 0. The minimum atomic E-state index is -0.442. The molecule has 0 saturated carbocycles. The van der Waals surface area contributed by atoms with Gasteiger partial charge in [-0.1, -0.05) is 55.5 Å². The summed E-state index contributed by atoms with van der Waals surface area (Å²) < 4.78 is 0. The maximum absolute atomic E-state index is 12.7. The molecular formula is C20H20N2O2. The highest BCUT2D eigenvalue weighted by molar-refractivity contribution is 6.06. The molecule has 4 heteroatoms. The van der Waals surface area contributed by atoms with Crippen LogP contribution in [-0.4, -0.2) is 22.6 Å². The lowest BCUT2D eigenvalue weighted by molar-refractivity contribution is 0.0917. The molecule has 3 rings (SSSR count). The topological polar surface area (TPSA) is 62.2 Å². The maximum Gasteiger partial charge on any atom is 0.254 e.